The van der Waals surface area contributed by atoms with E-state index in [4.69, 9.17) is 0 Å². The highest BCUT2D eigenvalue weighted by Gasteiger charge is 2.21. The molecule has 0 aliphatic carbocycles. The van der Waals surface area contributed by atoms with Crippen LogP contribution in [0.25, 0.3) is 10.9 Å². The quantitative estimate of drug-likeness (QED) is 0.779. The van der Waals surface area contributed by atoms with Crippen molar-refractivity contribution in [2.45, 2.75) is 32.4 Å². The van der Waals surface area contributed by atoms with Crippen LogP contribution in [0.1, 0.15) is 34.1 Å². The number of aliphatic hydroxyl groups excluding tert-OH is 1. The molecular formula is C20H23N3O. The summed E-state index contributed by atoms with van der Waals surface area (Å²) in [5, 5.41) is 11.9. The summed E-state index contributed by atoms with van der Waals surface area (Å²) < 4.78 is 0. The first-order valence-electron chi connectivity index (χ1n) is 8.51. The Hall–Kier alpha value is -2.17. The second-order valence-electron chi connectivity index (χ2n) is 6.92. The second-order valence-corrected chi connectivity index (χ2v) is 6.92. The van der Waals surface area contributed by atoms with Crippen molar-refractivity contribution in [1.82, 2.24) is 14.9 Å². The fourth-order valence-corrected chi connectivity index (χ4v) is 3.75. The van der Waals surface area contributed by atoms with Crippen LogP contribution in [0.15, 0.2) is 36.7 Å². The van der Waals surface area contributed by atoms with Gasteiger partial charge in [-0.1, -0.05) is 11.6 Å². The lowest BCUT2D eigenvalue weighted by atomic mass is 9.97. The van der Waals surface area contributed by atoms with Crippen LogP contribution in [0, 0.1) is 6.92 Å². The lowest BCUT2D eigenvalue weighted by Gasteiger charge is -2.22. The third kappa shape index (κ3) is 2.72. The van der Waals surface area contributed by atoms with Gasteiger partial charge >= 0.3 is 0 Å². The van der Waals surface area contributed by atoms with E-state index in [-0.39, 0.29) is 0 Å². The predicted molar refractivity (Wildman–Crippen MR) is 96.0 cm³/mol. The molecule has 0 bridgehead atoms. The van der Waals surface area contributed by atoms with Crippen molar-refractivity contribution in [2.24, 2.45) is 0 Å². The maximum absolute atomic E-state index is 10.6. The zero-order valence-corrected chi connectivity index (χ0v) is 14.2. The number of aromatic nitrogens is 2. The summed E-state index contributed by atoms with van der Waals surface area (Å²) in [7, 11) is 2.17. The van der Waals surface area contributed by atoms with Gasteiger partial charge < -0.3 is 15.0 Å². The van der Waals surface area contributed by atoms with Gasteiger partial charge in [0, 0.05) is 54.9 Å². The van der Waals surface area contributed by atoms with Gasteiger partial charge in [0.1, 0.15) is 0 Å². The molecule has 4 rings (SSSR count). The van der Waals surface area contributed by atoms with Gasteiger partial charge in [-0.05, 0) is 48.9 Å². The van der Waals surface area contributed by atoms with Crippen LogP contribution < -0.4 is 0 Å². The summed E-state index contributed by atoms with van der Waals surface area (Å²) in [4.78, 5) is 10.0. The lowest BCUT2D eigenvalue weighted by molar-refractivity contribution is 0.178. The van der Waals surface area contributed by atoms with Gasteiger partial charge in [-0.25, -0.2) is 0 Å². The topological polar surface area (TPSA) is 52.2 Å². The van der Waals surface area contributed by atoms with Crippen LogP contribution in [0.4, 0.5) is 0 Å². The third-order valence-corrected chi connectivity index (χ3v) is 5.01. The Morgan fingerprint density at radius 1 is 1.29 bits per heavy atom. The van der Waals surface area contributed by atoms with Crippen LogP contribution in [0.2, 0.25) is 0 Å². The predicted octanol–water partition coefficient (Wildman–Crippen LogP) is 3.14. The number of likely N-dealkylation sites (N-methyl/N-ethyl adjacent to an activating group) is 1. The Bertz CT molecular complexity index is 869. The number of hydrogen-bond acceptors (Lipinski definition) is 3. The standard InChI is InChI=1S/C20H23N3O/c1-13-9-15(11-19(24)14-3-6-21-7-4-14)20-16(10-13)17-12-23(2)8-5-18(17)22-20/h3-4,6-7,9-10,19,22,24H,5,8,11-12H2,1-2H3. The van der Waals surface area contributed by atoms with Crippen LogP contribution in [0.5, 0.6) is 0 Å². The zero-order chi connectivity index (χ0) is 16.7. The van der Waals surface area contributed by atoms with E-state index < -0.39 is 6.10 Å². The number of hydrogen-bond donors (Lipinski definition) is 2. The molecule has 4 nitrogen and oxygen atoms in total. The minimum absolute atomic E-state index is 0.513. The number of rotatable bonds is 3. The van der Waals surface area contributed by atoms with Gasteiger partial charge in [-0.15, -0.1) is 0 Å². The molecular weight excluding hydrogens is 298 g/mol. The molecule has 3 heterocycles. The van der Waals surface area contributed by atoms with Gasteiger partial charge in [-0.3, -0.25) is 4.98 Å². The molecule has 1 aliphatic rings. The average Bonchev–Trinajstić information content (AvgIpc) is 2.94. The van der Waals surface area contributed by atoms with Gasteiger partial charge in [0.05, 0.1) is 6.10 Å². The average molecular weight is 321 g/mol. The number of nitrogens with zero attached hydrogens (tertiary/aromatic N) is 2. The maximum Gasteiger partial charge on any atom is 0.0832 e. The van der Waals surface area contributed by atoms with Crippen LogP contribution in [-0.2, 0) is 19.4 Å². The molecule has 1 atom stereocenters. The SMILES string of the molecule is Cc1cc(CC(O)c2ccncc2)c2[nH]c3c(c2c1)CN(C)CC3. The first-order chi connectivity index (χ1) is 11.6. The number of aryl methyl sites for hydroxylation is 1. The molecule has 3 aromatic rings. The number of pyridine rings is 1. The minimum Gasteiger partial charge on any atom is -0.388 e. The van der Waals surface area contributed by atoms with Crippen molar-refractivity contribution < 1.29 is 5.11 Å². The largest absolute Gasteiger partial charge is 0.388 e. The van der Waals surface area contributed by atoms with Crippen LogP contribution in [-0.4, -0.2) is 33.6 Å². The molecule has 0 amide bonds. The lowest BCUT2D eigenvalue weighted by Crippen LogP contribution is -2.25. The molecule has 0 radical (unpaired) electrons. The molecule has 0 saturated heterocycles. The summed E-state index contributed by atoms with van der Waals surface area (Å²) in [6, 6.07) is 8.23. The van der Waals surface area contributed by atoms with Crippen molar-refractivity contribution in [1.29, 1.82) is 0 Å². The molecule has 1 aliphatic heterocycles. The fourth-order valence-electron chi connectivity index (χ4n) is 3.75. The fraction of sp³-hybridized carbons (Fsp3) is 0.350. The highest BCUT2D eigenvalue weighted by Crippen LogP contribution is 2.32. The molecule has 2 aromatic heterocycles. The Morgan fingerprint density at radius 2 is 2.08 bits per heavy atom. The minimum atomic E-state index is -0.513. The molecule has 1 aromatic carbocycles. The molecule has 124 valence electrons. The first kappa shape index (κ1) is 15.4. The Morgan fingerprint density at radius 3 is 2.88 bits per heavy atom. The van der Waals surface area contributed by atoms with E-state index in [1.807, 2.05) is 12.1 Å². The van der Waals surface area contributed by atoms with Crippen molar-refractivity contribution in [3.05, 3.63) is 64.6 Å². The second kappa shape index (κ2) is 6.04. The third-order valence-electron chi connectivity index (χ3n) is 5.01. The van der Waals surface area contributed by atoms with Gasteiger partial charge in [0.15, 0.2) is 0 Å². The highest BCUT2D eigenvalue weighted by atomic mass is 16.3. The van der Waals surface area contributed by atoms with Gasteiger partial charge in [0.2, 0.25) is 0 Å². The van der Waals surface area contributed by atoms with E-state index in [2.05, 4.69) is 41.0 Å². The van der Waals surface area contributed by atoms with E-state index in [0.717, 1.165) is 25.1 Å². The summed E-state index contributed by atoms with van der Waals surface area (Å²) >= 11 is 0. The van der Waals surface area contributed by atoms with Crippen molar-refractivity contribution >= 4 is 10.9 Å². The summed E-state index contributed by atoms with van der Waals surface area (Å²) in [5.74, 6) is 0. The Kier molecular flexibility index (Phi) is 3.87. The number of H-pyrrole nitrogens is 1. The normalized spacial score (nSPS) is 16.3. The van der Waals surface area contributed by atoms with Crippen molar-refractivity contribution in [2.75, 3.05) is 13.6 Å². The summed E-state index contributed by atoms with van der Waals surface area (Å²) in [6.07, 6.45) is 4.62. The summed E-state index contributed by atoms with van der Waals surface area (Å²) in [5.41, 5.74) is 7.31. The zero-order valence-electron chi connectivity index (χ0n) is 14.2. The molecule has 24 heavy (non-hydrogen) atoms. The van der Waals surface area contributed by atoms with E-state index in [1.165, 1.54) is 33.3 Å². The van der Waals surface area contributed by atoms with E-state index >= 15 is 0 Å². The smallest absolute Gasteiger partial charge is 0.0832 e. The number of aromatic amines is 1. The van der Waals surface area contributed by atoms with Gasteiger partial charge in [0.25, 0.3) is 0 Å². The molecule has 1 unspecified atom stereocenters. The maximum atomic E-state index is 10.6. The van der Waals surface area contributed by atoms with Crippen LogP contribution >= 0.6 is 0 Å². The monoisotopic (exact) mass is 321 g/mol. The highest BCUT2D eigenvalue weighted by molar-refractivity contribution is 5.88. The number of nitrogens with one attached hydrogen (secondary N) is 1. The molecule has 2 N–H and O–H groups in total. The van der Waals surface area contributed by atoms with E-state index in [9.17, 15) is 5.11 Å². The number of fused-ring (bicyclic) bond motifs is 3. The molecule has 4 heteroatoms. The van der Waals surface area contributed by atoms with Crippen molar-refractivity contribution in [3.63, 3.8) is 0 Å². The number of benzene rings is 1. The molecule has 0 fully saturated rings. The Balaban J connectivity index is 1.76. The van der Waals surface area contributed by atoms with Crippen LogP contribution in [0.3, 0.4) is 0 Å². The van der Waals surface area contributed by atoms with E-state index in [0.29, 0.717) is 6.42 Å². The van der Waals surface area contributed by atoms with Crippen molar-refractivity contribution in [3.8, 4) is 0 Å². The molecule has 0 spiro atoms. The van der Waals surface area contributed by atoms with E-state index in [1.54, 1.807) is 12.4 Å². The summed E-state index contributed by atoms with van der Waals surface area (Å²) in [6.45, 7) is 4.21. The Labute approximate surface area is 142 Å². The number of aliphatic hydroxyl groups is 1. The molecule has 0 saturated carbocycles. The van der Waals surface area contributed by atoms with Gasteiger partial charge in [-0.2, -0.15) is 0 Å². The first-order valence-corrected chi connectivity index (χ1v) is 8.51.